The Balaban J connectivity index is 3.19. The van der Waals surface area contributed by atoms with Crippen molar-refractivity contribution < 1.29 is 9.18 Å². The molecule has 2 N–H and O–H groups in total. The van der Waals surface area contributed by atoms with Crippen molar-refractivity contribution in [3.63, 3.8) is 0 Å². The van der Waals surface area contributed by atoms with Gasteiger partial charge in [-0.25, -0.2) is 4.98 Å². The summed E-state index contributed by atoms with van der Waals surface area (Å²) in [5.74, 6) is -1.33. The standard InChI is InChI=1S/C7H7FN2O/c1-4-2-5(7(9)11)3-6(8)10-4/h2-3H,1H3,(H2,9,11). The van der Waals surface area contributed by atoms with Gasteiger partial charge in [0.1, 0.15) is 0 Å². The highest BCUT2D eigenvalue weighted by Gasteiger charge is 2.03. The highest BCUT2D eigenvalue weighted by Crippen LogP contribution is 2.02. The Morgan fingerprint density at radius 2 is 2.27 bits per heavy atom. The second kappa shape index (κ2) is 2.65. The maximum atomic E-state index is 12.5. The number of aromatic nitrogens is 1. The van der Waals surface area contributed by atoms with Crippen molar-refractivity contribution in [1.82, 2.24) is 4.98 Å². The van der Waals surface area contributed by atoms with Crippen molar-refractivity contribution in [3.05, 3.63) is 29.3 Å². The zero-order valence-electron chi connectivity index (χ0n) is 5.97. The second-order valence-corrected chi connectivity index (χ2v) is 2.18. The third-order valence-corrected chi connectivity index (χ3v) is 1.21. The van der Waals surface area contributed by atoms with Crippen LogP contribution < -0.4 is 5.73 Å². The molecule has 0 spiro atoms. The van der Waals surface area contributed by atoms with Crippen LogP contribution in [0.2, 0.25) is 0 Å². The summed E-state index contributed by atoms with van der Waals surface area (Å²) < 4.78 is 12.5. The molecule has 0 aromatic carbocycles. The van der Waals surface area contributed by atoms with Crippen LogP contribution >= 0.6 is 0 Å². The van der Waals surface area contributed by atoms with Gasteiger partial charge in [-0.05, 0) is 13.0 Å². The highest BCUT2D eigenvalue weighted by molar-refractivity contribution is 5.92. The fourth-order valence-corrected chi connectivity index (χ4v) is 0.770. The molecule has 0 atom stereocenters. The molecule has 0 aliphatic carbocycles. The molecule has 3 nitrogen and oxygen atoms in total. The molecule has 0 aliphatic rings. The minimum atomic E-state index is -0.682. The fraction of sp³-hybridized carbons (Fsp3) is 0.143. The number of rotatable bonds is 1. The maximum Gasteiger partial charge on any atom is 0.248 e. The van der Waals surface area contributed by atoms with E-state index in [2.05, 4.69) is 4.98 Å². The molecular weight excluding hydrogens is 147 g/mol. The number of amides is 1. The minimum Gasteiger partial charge on any atom is -0.366 e. The zero-order chi connectivity index (χ0) is 8.43. The summed E-state index contributed by atoms with van der Waals surface area (Å²) in [7, 11) is 0. The molecule has 0 bridgehead atoms. The molecule has 0 aliphatic heterocycles. The molecule has 0 unspecified atom stereocenters. The molecule has 1 rings (SSSR count). The van der Waals surface area contributed by atoms with Gasteiger partial charge in [0.05, 0.1) is 0 Å². The minimum absolute atomic E-state index is 0.148. The van der Waals surface area contributed by atoms with E-state index in [-0.39, 0.29) is 5.56 Å². The lowest BCUT2D eigenvalue weighted by atomic mass is 10.2. The van der Waals surface area contributed by atoms with Gasteiger partial charge >= 0.3 is 0 Å². The van der Waals surface area contributed by atoms with E-state index < -0.39 is 11.9 Å². The zero-order valence-corrected chi connectivity index (χ0v) is 5.97. The Morgan fingerprint density at radius 1 is 1.64 bits per heavy atom. The first-order valence-electron chi connectivity index (χ1n) is 3.03. The number of pyridine rings is 1. The Morgan fingerprint density at radius 3 is 2.73 bits per heavy atom. The van der Waals surface area contributed by atoms with E-state index in [9.17, 15) is 9.18 Å². The number of nitrogens with two attached hydrogens (primary N) is 1. The van der Waals surface area contributed by atoms with Gasteiger partial charge < -0.3 is 5.73 Å². The predicted octanol–water partition coefficient (Wildman–Crippen LogP) is 0.628. The lowest BCUT2D eigenvalue weighted by molar-refractivity contribution is 0.0999. The number of hydrogen-bond donors (Lipinski definition) is 1. The third kappa shape index (κ3) is 1.73. The number of carbonyl (C=O) groups is 1. The van der Waals surface area contributed by atoms with Crippen LogP contribution in [0.15, 0.2) is 12.1 Å². The summed E-state index contributed by atoms with van der Waals surface area (Å²) in [6, 6.07) is 2.45. The molecule has 11 heavy (non-hydrogen) atoms. The van der Waals surface area contributed by atoms with Gasteiger partial charge in [-0.2, -0.15) is 4.39 Å². The summed E-state index contributed by atoms with van der Waals surface area (Å²) in [6.45, 7) is 1.59. The van der Waals surface area contributed by atoms with Gasteiger partial charge in [-0.1, -0.05) is 0 Å². The molecule has 1 amide bonds. The van der Waals surface area contributed by atoms with Gasteiger partial charge in [0.2, 0.25) is 11.9 Å². The lowest BCUT2D eigenvalue weighted by Crippen LogP contribution is -2.11. The third-order valence-electron chi connectivity index (χ3n) is 1.21. The van der Waals surface area contributed by atoms with Crippen LogP contribution in [-0.4, -0.2) is 10.9 Å². The number of halogens is 1. The molecular formula is C7H7FN2O. The van der Waals surface area contributed by atoms with Crippen LogP contribution in [0.3, 0.4) is 0 Å². The molecule has 0 fully saturated rings. The monoisotopic (exact) mass is 154 g/mol. The quantitative estimate of drug-likeness (QED) is 0.603. The van der Waals surface area contributed by atoms with Crippen LogP contribution in [0.1, 0.15) is 16.1 Å². The number of nitrogens with zero attached hydrogens (tertiary/aromatic N) is 1. The van der Waals surface area contributed by atoms with Crippen LogP contribution in [0.4, 0.5) is 4.39 Å². The SMILES string of the molecule is Cc1cc(C(N)=O)cc(F)n1. The van der Waals surface area contributed by atoms with E-state index in [1.807, 2.05) is 0 Å². The molecule has 0 radical (unpaired) electrons. The highest BCUT2D eigenvalue weighted by atomic mass is 19.1. The first-order valence-corrected chi connectivity index (χ1v) is 3.03. The molecule has 1 aromatic rings. The van der Waals surface area contributed by atoms with E-state index in [4.69, 9.17) is 5.73 Å². The average molecular weight is 154 g/mol. The Hall–Kier alpha value is -1.45. The van der Waals surface area contributed by atoms with Crippen LogP contribution in [-0.2, 0) is 0 Å². The van der Waals surface area contributed by atoms with Gasteiger partial charge in [-0.3, -0.25) is 4.79 Å². The van der Waals surface area contributed by atoms with Crippen molar-refractivity contribution in [2.45, 2.75) is 6.92 Å². The first kappa shape index (κ1) is 7.65. The predicted molar refractivity (Wildman–Crippen MR) is 37.4 cm³/mol. The van der Waals surface area contributed by atoms with E-state index in [0.717, 1.165) is 6.07 Å². The van der Waals surface area contributed by atoms with E-state index in [1.54, 1.807) is 6.92 Å². The summed E-state index contributed by atoms with van der Waals surface area (Å²) in [4.78, 5) is 14.0. The van der Waals surface area contributed by atoms with E-state index in [1.165, 1.54) is 6.07 Å². The maximum absolute atomic E-state index is 12.5. The number of aryl methyl sites for hydroxylation is 1. The molecule has 1 heterocycles. The number of hydrogen-bond acceptors (Lipinski definition) is 2. The molecule has 4 heteroatoms. The first-order chi connectivity index (χ1) is 5.09. The Labute approximate surface area is 63.0 Å². The lowest BCUT2D eigenvalue weighted by Gasteiger charge is -1.96. The van der Waals surface area contributed by atoms with Crippen molar-refractivity contribution in [3.8, 4) is 0 Å². The van der Waals surface area contributed by atoms with Crippen molar-refractivity contribution >= 4 is 5.91 Å². The average Bonchev–Trinajstić information content (AvgIpc) is 1.85. The Kier molecular flexibility index (Phi) is 1.85. The van der Waals surface area contributed by atoms with E-state index >= 15 is 0 Å². The molecule has 1 aromatic heterocycles. The summed E-state index contributed by atoms with van der Waals surface area (Å²) >= 11 is 0. The van der Waals surface area contributed by atoms with Gasteiger partial charge in [0, 0.05) is 17.3 Å². The molecule has 0 saturated heterocycles. The van der Waals surface area contributed by atoms with Crippen molar-refractivity contribution in [1.29, 1.82) is 0 Å². The summed E-state index contributed by atoms with van der Waals surface area (Å²) in [6.07, 6.45) is 0. The smallest absolute Gasteiger partial charge is 0.248 e. The van der Waals surface area contributed by atoms with Gasteiger partial charge in [0.25, 0.3) is 0 Å². The number of primary amides is 1. The number of carbonyl (C=O) groups excluding carboxylic acids is 1. The normalized spacial score (nSPS) is 9.64. The molecule has 0 saturated carbocycles. The topological polar surface area (TPSA) is 56.0 Å². The van der Waals surface area contributed by atoms with Gasteiger partial charge in [0.15, 0.2) is 0 Å². The largest absolute Gasteiger partial charge is 0.366 e. The van der Waals surface area contributed by atoms with Crippen molar-refractivity contribution in [2.75, 3.05) is 0 Å². The van der Waals surface area contributed by atoms with Gasteiger partial charge in [-0.15, -0.1) is 0 Å². The van der Waals surface area contributed by atoms with Crippen LogP contribution in [0, 0.1) is 12.9 Å². The van der Waals surface area contributed by atoms with Crippen LogP contribution in [0.25, 0.3) is 0 Å². The fourth-order valence-electron chi connectivity index (χ4n) is 0.770. The summed E-state index contributed by atoms with van der Waals surface area (Å²) in [5.41, 5.74) is 5.51. The Bertz CT molecular complexity index is 278. The van der Waals surface area contributed by atoms with E-state index in [0.29, 0.717) is 5.69 Å². The van der Waals surface area contributed by atoms with Crippen molar-refractivity contribution in [2.24, 2.45) is 5.73 Å². The molecule has 58 valence electrons. The van der Waals surface area contributed by atoms with Crippen LogP contribution in [0.5, 0.6) is 0 Å². The second-order valence-electron chi connectivity index (χ2n) is 2.18. The summed E-state index contributed by atoms with van der Waals surface area (Å²) in [5, 5.41) is 0.